The van der Waals surface area contributed by atoms with Gasteiger partial charge in [0.05, 0.1) is 6.07 Å². The van der Waals surface area contributed by atoms with Gasteiger partial charge in [0.25, 0.3) is 0 Å². The molecule has 1 rings (SSSR count). The normalized spacial score (nSPS) is 18.7. The highest BCUT2D eigenvalue weighted by Gasteiger charge is 2.35. The van der Waals surface area contributed by atoms with Gasteiger partial charge in [-0.05, 0) is 13.3 Å². The van der Waals surface area contributed by atoms with E-state index in [2.05, 4.69) is 0 Å². The van der Waals surface area contributed by atoms with Crippen molar-refractivity contribution < 1.29 is 18.0 Å². The zero-order valence-corrected chi connectivity index (χ0v) is 8.71. The summed E-state index contributed by atoms with van der Waals surface area (Å²) in [4.78, 5) is 12.7. The minimum absolute atomic E-state index is 0.0240. The highest BCUT2D eigenvalue weighted by molar-refractivity contribution is 5.81. The minimum atomic E-state index is -4.31. The Kier molecular flexibility index (Phi) is 3.58. The molecule has 0 aromatic rings. The molecule has 0 aromatic carbocycles. The van der Waals surface area contributed by atoms with E-state index in [0.29, 0.717) is 0 Å². The molecule has 0 saturated carbocycles. The third kappa shape index (κ3) is 2.75. The molecule has 3 nitrogen and oxygen atoms in total. The molecule has 1 amide bonds. The van der Waals surface area contributed by atoms with Gasteiger partial charge in [-0.1, -0.05) is 6.08 Å². The van der Waals surface area contributed by atoms with Gasteiger partial charge in [0.1, 0.15) is 5.92 Å². The second kappa shape index (κ2) is 4.56. The van der Waals surface area contributed by atoms with Crippen LogP contribution in [0, 0.1) is 17.2 Å². The maximum absolute atomic E-state index is 12.3. The highest BCUT2D eigenvalue weighted by atomic mass is 19.4. The van der Waals surface area contributed by atoms with Gasteiger partial charge in [-0.3, -0.25) is 4.79 Å². The summed E-state index contributed by atoms with van der Waals surface area (Å²) in [6.45, 7) is 1.39. The zero-order valence-electron chi connectivity index (χ0n) is 8.71. The van der Waals surface area contributed by atoms with Crippen molar-refractivity contribution in [2.45, 2.75) is 19.5 Å². The lowest BCUT2D eigenvalue weighted by Crippen LogP contribution is -2.39. The molecule has 0 radical (unpaired) electrons. The van der Waals surface area contributed by atoms with Crippen LogP contribution < -0.4 is 0 Å². The number of hydrogen-bond acceptors (Lipinski definition) is 2. The average Bonchev–Trinajstić information content (AvgIpc) is 2.26. The Bertz CT molecular complexity index is 354. The van der Waals surface area contributed by atoms with Gasteiger partial charge in [0.2, 0.25) is 5.91 Å². The van der Waals surface area contributed by atoms with Crippen LogP contribution in [0.1, 0.15) is 13.3 Å². The van der Waals surface area contributed by atoms with E-state index >= 15 is 0 Å². The number of nitrogens with zero attached hydrogens (tertiary/aromatic N) is 2. The molecule has 0 N–H and O–H groups in total. The molecule has 0 fully saturated rings. The summed E-state index contributed by atoms with van der Waals surface area (Å²) in [6, 6.07) is 1.77. The number of hydrogen-bond donors (Lipinski definition) is 0. The molecule has 16 heavy (non-hydrogen) atoms. The molecule has 6 heteroatoms. The first kappa shape index (κ1) is 12.6. The first-order valence-electron chi connectivity index (χ1n) is 4.81. The summed E-state index contributed by atoms with van der Waals surface area (Å²) < 4.78 is 36.8. The second-order valence-electron chi connectivity index (χ2n) is 3.61. The van der Waals surface area contributed by atoms with Crippen LogP contribution in [0.4, 0.5) is 13.2 Å². The summed E-state index contributed by atoms with van der Waals surface area (Å²) >= 11 is 0. The van der Waals surface area contributed by atoms with Crippen LogP contribution in [-0.2, 0) is 4.79 Å². The first-order chi connectivity index (χ1) is 7.36. The molecule has 0 aliphatic carbocycles. The summed E-state index contributed by atoms with van der Waals surface area (Å²) in [5.74, 6) is -1.22. The molecule has 0 spiro atoms. The number of amides is 1. The number of halogens is 3. The topological polar surface area (TPSA) is 44.1 Å². The van der Waals surface area contributed by atoms with E-state index in [4.69, 9.17) is 5.26 Å². The Morgan fingerprint density at radius 2 is 2.25 bits per heavy atom. The van der Waals surface area contributed by atoms with Crippen molar-refractivity contribution in [1.82, 2.24) is 4.90 Å². The second-order valence-corrected chi connectivity index (χ2v) is 3.61. The van der Waals surface area contributed by atoms with E-state index in [1.807, 2.05) is 0 Å². The molecule has 88 valence electrons. The molecule has 1 heterocycles. The smallest absolute Gasteiger partial charge is 0.338 e. The van der Waals surface area contributed by atoms with E-state index < -0.39 is 23.6 Å². The van der Waals surface area contributed by atoms with Gasteiger partial charge in [-0.15, -0.1) is 0 Å². The quantitative estimate of drug-likeness (QED) is 0.648. The zero-order chi connectivity index (χ0) is 12.3. The minimum Gasteiger partial charge on any atom is -0.338 e. The standard InChI is InChI=1S/C10H11F3N2O/c1-7(6-14)9(16)15-4-2-8(3-5-15)10(11,12)13/h2,7H,3-5H2,1H3. The van der Waals surface area contributed by atoms with E-state index in [1.165, 1.54) is 11.8 Å². The molecule has 1 aliphatic rings. The molecular formula is C10H11F3N2O. The number of carbonyl (C=O) groups excluding carboxylic acids is 1. The van der Waals surface area contributed by atoms with Crippen molar-refractivity contribution in [2.24, 2.45) is 5.92 Å². The number of carbonyl (C=O) groups is 1. The number of nitriles is 1. The Balaban J connectivity index is 2.65. The fourth-order valence-corrected chi connectivity index (χ4v) is 1.46. The highest BCUT2D eigenvalue weighted by Crippen LogP contribution is 2.30. The third-order valence-corrected chi connectivity index (χ3v) is 2.45. The molecule has 0 bridgehead atoms. The fraction of sp³-hybridized carbons (Fsp3) is 0.600. The number of rotatable bonds is 1. The Morgan fingerprint density at radius 3 is 2.62 bits per heavy atom. The van der Waals surface area contributed by atoms with Gasteiger partial charge in [0, 0.05) is 18.7 Å². The lowest BCUT2D eigenvalue weighted by molar-refractivity contribution is -0.134. The van der Waals surface area contributed by atoms with Gasteiger partial charge in [0.15, 0.2) is 0 Å². The van der Waals surface area contributed by atoms with Gasteiger partial charge >= 0.3 is 6.18 Å². The molecule has 0 aromatic heterocycles. The van der Waals surface area contributed by atoms with Crippen molar-refractivity contribution in [3.8, 4) is 6.07 Å². The van der Waals surface area contributed by atoms with Crippen LogP contribution in [0.2, 0.25) is 0 Å². The van der Waals surface area contributed by atoms with Crippen LogP contribution in [0.25, 0.3) is 0 Å². The van der Waals surface area contributed by atoms with Crippen molar-refractivity contribution in [1.29, 1.82) is 5.26 Å². The van der Waals surface area contributed by atoms with E-state index in [9.17, 15) is 18.0 Å². The van der Waals surface area contributed by atoms with Crippen molar-refractivity contribution >= 4 is 5.91 Å². The Labute approximate surface area is 91.1 Å². The van der Waals surface area contributed by atoms with E-state index in [-0.39, 0.29) is 19.5 Å². The largest absolute Gasteiger partial charge is 0.412 e. The Hall–Kier alpha value is -1.51. The number of alkyl halides is 3. The van der Waals surface area contributed by atoms with Crippen molar-refractivity contribution in [3.05, 3.63) is 11.6 Å². The van der Waals surface area contributed by atoms with Crippen LogP contribution in [0.3, 0.4) is 0 Å². The first-order valence-corrected chi connectivity index (χ1v) is 4.81. The average molecular weight is 232 g/mol. The van der Waals surface area contributed by atoms with Crippen LogP contribution in [0.15, 0.2) is 11.6 Å². The maximum atomic E-state index is 12.3. The van der Waals surface area contributed by atoms with Gasteiger partial charge < -0.3 is 4.90 Å². The summed E-state index contributed by atoms with van der Waals surface area (Å²) in [7, 11) is 0. The van der Waals surface area contributed by atoms with E-state index in [1.54, 1.807) is 6.07 Å². The molecular weight excluding hydrogens is 221 g/mol. The lowest BCUT2D eigenvalue weighted by atomic mass is 10.1. The Morgan fingerprint density at radius 1 is 1.62 bits per heavy atom. The lowest BCUT2D eigenvalue weighted by Gasteiger charge is -2.27. The molecule has 1 atom stereocenters. The maximum Gasteiger partial charge on any atom is 0.412 e. The summed E-state index contributed by atoms with van der Waals surface area (Å²) in [6.07, 6.45) is -3.51. The van der Waals surface area contributed by atoms with Crippen LogP contribution >= 0.6 is 0 Å². The van der Waals surface area contributed by atoms with Gasteiger partial charge in [-0.2, -0.15) is 18.4 Å². The monoisotopic (exact) mass is 232 g/mol. The van der Waals surface area contributed by atoms with Crippen LogP contribution in [-0.4, -0.2) is 30.1 Å². The van der Waals surface area contributed by atoms with Crippen molar-refractivity contribution in [2.75, 3.05) is 13.1 Å². The summed E-state index contributed by atoms with van der Waals surface area (Å²) in [5, 5.41) is 8.52. The molecule has 1 unspecified atom stereocenters. The molecule has 1 aliphatic heterocycles. The summed E-state index contributed by atoms with van der Waals surface area (Å²) in [5.41, 5.74) is -0.596. The van der Waals surface area contributed by atoms with Crippen molar-refractivity contribution in [3.63, 3.8) is 0 Å². The SMILES string of the molecule is CC(C#N)C(=O)N1CC=C(C(F)(F)F)CC1. The van der Waals surface area contributed by atoms with Gasteiger partial charge in [-0.25, -0.2) is 0 Å². The van der Waals surface area contributed by atoms with Crippen LogP contribution in [0.5, 0.6) is 0 Å². The van der Waals surface area contributed by atoms with E-state index in [0.717, 1.165) is 6.08 Å². The predicted molar refractivity (Wildman–Crippen MR) is 50.1 cm³/mol. The fourth-order valence-electron chi connectivity index (χ4n) is 1.46. The third-order valence-electron chi connectivity index (χ3n) is 2.45. The predicted octanol–water partition coefficient (Wildman–Crippen LogP) is 1.87. The molecule has 0 saturated heterocycles.